The average Bonchev–Trinajstić information content (AvgIpc) is 3.27. The molecule has 0 radical (unpaired) electrons. The number of nitrogens with one attached hydrogen (secondary N) is 2. The molecule has 1 aliphatic heterocycles. The van der Waals surface area contributed by atoms with Crippen LogP contribution in [0.15, 0.2) is 72.8 Å². The van der Waals surface area contributed by atoms with Gasteiger partial charge in [-0.3, -0.25) is 4.90 Å². The maximum Gasteiger partial charge on any atom is 0.182 e. The zero-order valence-corrected chi connectivity index (χ0v) is 16.9. The molecule has 8 heteroatoms. The predicted molar refractivity (Wildman–Crippen MR) is 121 cm³/mol. The Labute approximate surface area is 178 Å². The van der Waals surface area contributed by atoms with Crippen molar-refractivity contribution < 1.29 is 4.39 Å². The van der Waals surface area contributed by atoms with Crippen molar-refractivity contribution in [1.29, 1.82) is 0 Å². The molecule has 2 N–H and O–H groups in total. The van der Waals surface area contributed by atoms with Gasteiger partial charge in [-0.2, -0.15) is 0 Å². The molecular weight excluding hydrogens is 393 g/mol. The molecule has 2 aromatic heterocycles. The van der Waals surface area contributed by atoms with E-state index in [-0.39, 0.29) is 11.9 Å². The second-order valence-electron chi connectivity index (χ2n) is 7.15. The summed E-state index contributed by atoms with van der Waals surface area (Å²) in [6, 6.07) is 14.4. The first-order valence-corrected chi connectivity index (χ1v) is 9.99. The number of aromatic nitrogens is 4. The molecule has 0 bridgehead atoms. The number of imidazole rings is 1. The van der Waals surface area contributed by atoms with Gasteiger partial charge in [0.2, 0.25) is 0 Å². The molecule has 0 spiro atoms. The third-order valence-corrected chi connectivity index (χ3v) is 5.28. The minimum Gasteiger partial charge on any atom is -0.358 e. The fourth-order valence-corrected chi connectivity index (χ4v) is 3.80. The molecule has 0 aliphatic carbocycles. The molecule has 0 saturated carbocycles. The zero-order chi connectivity index (χ0) is 21.4. The highest BCUT2D eigenvalue weighted by Gasteiger charge is 2.32. The van der Waals surface area contributed by atoms with Crippen molar-refractivity contribution in [2.75, 3.05) is 10.2 Å². The Morgan fingerprint density at radius 3 is 2.74 bits per heavy atom. The van der Waals surface area contributed by atoms with Gasteiger partial charge in [0, 0.05) is 5.69 Å². The summed E-state index contributed by atoms with van der Waals surface area (Å²) in [6.45, 7) is 6.28. The van der Waals surface area contributed by atoms with E-state index in [0.717, 1.165) is 5.69 Å². The quantitative estimate of drug-likeness (QED) is 0.486. The first-order valence-electron chi connectivity index (χ1n) is 9.99. The van der Waals surface area contributed by atoms with E-state index in [2.05, 4.69) is 38.8 Å². The molecule has 1 atom stereocenters. The standard InChI is InChI=1S/C23H20FN7/c1-3-17(29-22-20-21(26-12-25-20)27-13-28-22)23-30-18-11-7-10-16(24)19(18)14(2)31(23)15-8-5-4-6-9-15/h4-13,17H,2-3H2,1H3,(H2,25,26,27,28,29). The summed E-state index contributed by atoms with van der Waals surface area (Å²) in [4.78, 5) is 22.6. The van der Waals surface area contributed by atoms with Gasteiger partial charge in [-0.25, -0.2) is 24.3 Å². The van der Waals surface area contributed by atoms with Crippen LogP contribution in [-0.2, 0) is 0 Å². The number of nitrogens with zero attached hydrogens (tertiary/aromatic N) is 5. The van der Waals surface area contributed by atoms with Gasteiger partial charge in [-0.15, -0.1) is 0 Å². The SMILES string of the molecule is C=C1c2c(F)cccc2N=C(C(CC)Nc2ncnc3nc[nH]c23)N1c1ccccc1. The van der Waals surface area contributed by atoms with E-state index in [1.165, 1.54) is 12.4 Å². The van der Waals surface area contributed by atoms with Gasteiger partial charge in [0.25, 0.3) is 0 Å². The van der Waals surface area contributed by atoms with Crippen LogP contribution in [0.2, 0.25) is 0 Å². The summed E-state index contributed by atoms with van der Waals surface area (Å²) in [5.74, 6) is 0.992. The second-order valence-corrected chi connectivity index (χ2v) is 7.15. The van der Waals surface area contributed by atoms with Crippen molar-refractivity contribution in [2.45, 2.75) is 19.4 Å². The first kappa shape index (κ1) is 18.9. The summed E-state index contributed by atoms with van der Waals surface area (Å²) in [5.41, 5.74) is 3.65. The summed E-state index contributed by atoms with van der Waals surface area (Å²) in [7, 11) is 0. The molecule has 5 rings (SSSR count). The smallest absolute Gasteiger partial charge is 0.182 e. The van der Waals surface area contributed by atoms with Crippen molar-refractivity contribution in [3.63, 3.8) is 0 Å². The van der Waals surface area contributed by atoms with Gasteiger partial charge < -0.3 is 10.3 Å². The fourth-order valence-electron chi connectivity index (χ4n) is 3.80. The lowest BCUT2D eigenvalue weighted by Crippen LogP contribution is -2.43. The molecule has 7 nitrogen and oxygen atoms in total. The minimum absolute atomic E-state index is 0.227. The first-order chi connectivity index (χ1) is 15.2. The number of H-pyrrole nitrogens is 1. The number of halogens is 1. The molecule has 0 amide bonds. The number of aromatic amines is 1. The molecule has 0 saturated heterocycles. The molecule has 3 heterocycles. The molecule has 31 heavy (non-hydrogen) atoms. The maximum absolute atomic E-state index is 14.7. The highest BCUT2D eigenvalue weighted by atomic mass is 19.1. The van der Waals surface area contributed by atoms with E-state index in [0.29, 0.717) is 46.2 Å². The van der Waals surface area contributed by atoms with E-state index >= 15 is 0 Å². The molecule has 4 aromatic rings. The number of anilines is 2. The Morgan fingerprint density at radius 2 is 1.94 bits per heavy atom. The van der Waals surface area contributed by atoms with Crippen LogP contribution >= 0.6 is 0 Å². The van der Waals surface area contributed by atoms with Crippen LogP contribution in [0.1, 0.15) is 18.9 Å². The van der Waals surface area contributed by atoms with Crippen molar-refractivity contribution in [3.05, 3.63) is 79.1 Å². The lowest BCUT2D eigenvalue weighted by Gasteiger charge is -2.36. The van der Waals surface area contributed by atoms with Gasteiger partial charge in [0.1, 0.15) is 23.5 Å². The van der Waals surface area contributed by atoms with Crippen LogP contribution in [0, 0.1) is 5.82 Å². The zero-order valence-electron chi connectivity index (χ0n) is 16.9. The minimum atomic E-state index is -0.345. The molecule has 0 fully saturated rings. The largest absolute Gasteiger partial charge is 0.358 e. The van der Waals surface area contributed by atoms with Gasteiger partial charge in [0.15, 0.2) is 11.5 Å². The Kier molecular flexibility index (Phi) is 4.66. The number of aliphatic imine (C=N–C) groups is 1. The second kappa shape index (κ2) is 7.64. The van der Waals surface area contributed by atoms with Crippen LogP contribution in [0.3, 0.4) is 0 Å². The number of amidine groups is 1. The summed E-state index contributed by atoms with van der Waals surface area (Å²) < 4.78 is 14.7. The lowest BCUT2D eigenvalue weighted by atomic mass is 10.0. The Hall–Kier alpha value is -4.07. The molecule has 1 unspecified atom stereocenters. The van der Waals surface area contributed by atoms with E-state index < -0.39 is 0 Å². The molecule has 1 aliphatic rings. The van der Waals surface area contributed by atoms with E-state index in [1.54, 1.807) is 18.5 Å². The van der Waals surface area contributed by atoms with Crippen LogP contribution < -0.4 is 10.2 Å². The lowest BCUT2D eigenvalue weighted by molar-refractivity contribution is 0.623. The van der Waals surface area contributed by atoms with Crippen LogP contribution in [0.4, 0.5) is 21.6 Å². The molecular formula is C23H20FN7. The van der Waals surface area contributed by atoms with Gasteiger partial charge >= 0.3 is 0 Å². The van der Waals surface area contributed by atoms with Gasteiger partial charge in [-0.05, 0) is 30.7 Å². The van der Waals surface area contributed by atoms with E-state index in [9.17, 15) is 4.39 Å². The number of hydrogen-bond donors (Lipinski definition) is 2. The number of benzene rings is 2. The Bertz CT molecular complexity index is 1300. The maximum atomic E-state index is 14.7. The third kappa shape index (κ3) is 3.22. The van der Waals surface area contributed by atoms with Crippen molar-refractivity contribution in [2.24, 2.45) is 4.99 Å². The normalized spacial score (nSPS) is 14.3. The van der Waals surface area contributed by atoms with Crippen LogP contribution in [0.25, 0.3) is 16.9 Å². The number of para-hydroxylation sites is 1. The molecule has 2 aromatic carbocycles. The Morgan fingerprint density at radius 1 is 1.10 bits per heavy atom. The van der Waals surface area contributed by atoms with Crippen molar-refractivity contribution in [3.8, 4) is 0 Å². The summed E-state index contributed by atoms with van der Waals surface area (Å²) in [5, 5.41) is 3.46. The van der Waals surface area contributed by atoms with Crippen molar-refractivity contribution >= 4 is 39.9 Å². The number of hydrogen-bond acceptors (Lipinski definition) is 6. The average molecular weight is 413 g/mol. The van der Waals surface area contributed by atoms with E-state index in [4.69, 9.17) is 4.99 Å². The highest BCUT2D eigenvalue weighted by molar-refractivity contribution is 6.16. The monoisotopic (exact) mass is 413 g/mol. The van der Waals surface area contributed by atoms with Crippen molar-refractivity contribution in [1.82, 2.24) is 19.9 Å². The third-order valence-electron chi connectivity index (χ3n) is 5.28. The molecule has 154 valence electrons. The number of fused-ring (bicyclic) bond motifs is 2. The number of rotatable bonds is 5. The summed E-state index contributed by atoms with van der Waals surface area (Å²) in [6.07, 6.45) is 3.76. The Balaban J connectivity index is 1.64. The fraction of sp³-hybridized carbons (Fsp3) is 0.130. The van der Waals surface area contributed by atoms with Gasteiger partial charge in [-0.1, -0.05) is 37.8 Å². The summed E-state index contributed by atoms with van der Waals surface area (Å²) >= 11 is 0. The van der Waals surface area contributed by atoms with Crippen LogP contribution in [-0.4, -0.2) is 31.8 Å². The topological polar surface area (TPSA) is 82.1 Å². The predicted octanol–water partition coefficient (Wildman–Crippen LogP) is 4.90. The van der Waals surface area contributed by atoms with Crippen LogP contribution in [0.5, 0.6) is 0 Å². The van der Waals surface area contributed by atoms with E-state index in [1.807, 2.05) is 35.2 Å². The van der Waals surface area contributed by atoms with Gasteiger partial charge in [0.05, 0.1) is 29.3 Å². The highest BCUT2D eigenvalue weighted by Crippen LogP contribution is 2.39.